The Hall–Kier alpha value is -2.04. The smallest absolute Gasteiger partial charge is 0.408 e. The van der Waals surface area contributed by atoms with Crippen LogP contribution in [0.2, 0.25) is 0 Å². The van der Waals surface area contributed by atoms with Crippen molar-refractivity contribution in [3.63, 3.8) is 0 Å². The number of carbonyl (C=O) groups excluding carboxylic acids is 2. The number of hydrogen-bond acceptors (Lipinski definition) is 3. The van der Waals surface area contributed by atoms with Gasteiger partial charge in [-0.2, -0.15) is 0 Å². The second-order valence-corrected chi connectivity index (χ2v) is 7.54. The number of hydrogen-bond donors (Lipinski definition) is 1. The van der Waals surface area contributed by atoms with Crippen molar-refractivity contribution in [3.8, 4) is 0 Å². The van der Waals surface area contributed by atoms with Crippen LogP contribution in [0.1, 0.15) is 45.7 Å². The molecule has 3 atom stereocenters. The molecule has 5 heteroatoms. The van der Waals surface area contributed by atoms with Crippen LogP contribution in [0.4, 0.5) is 4.79 Å². The Kier molecular flexibility index (Phi) is 3.62. The predicted octanol–water partition coefficient (Wildman–Crippen LogP) is 2.87. The molecule has 3 rings (SSSR count). The summed E-state index contributed by atoms with van der Waals surface area (Å²) >= 11 is 0. The molecule has 1 aliphatic carbocycles. The topological polar surface area (TPSA) is 58.6 Å². The molecule has 0 bridgehead atoms. The summed E-state index contributed by atoms with van der Waals surface area (Å²) in [7, 11) is 0. The maximum Gasteiger partial charge on any atom is 0.408 e. The van der Waals surface area contributed by atoms with Crippen LogP contribution in [0, 0.1) is 5.92 Å². The normalized spacial score (nSPS) is 27.4. The number of amides is 2. The second kappa shape index (κ2) is 5.25. The number of nitrogens with one attached hydrogen (secondary N) is 1. The summed E-state index contributed by atoms with van der Waals surface area (Å²) in [5, 5.41) is 2.82. The van der Waals surface area contributed by atoms with E-state index in [2.05, 4.69) is 5.32 Å². The van der Waals surface area contributed by atoms with Crippen molar-refractivity contribution in [2.45, 2.75) is 51.3 Å². The highest BCUT2D eigenvalue weighted by molar-refractivity contribution is 5.96. The zero-order chi connectivity index (χ0) is 16.8. The molecule has 0 aromatic heterocycles. The minimum Gasteiger partial charge on any atom is -0.444 e. The Balaban J connectivity index is 1.69. The van der Waals surface area contributed by atoms with Crippen LogP contribution in [0.15, 0.2) is 30.3 Å². The number of carbonyl (C=O) groups is 2. The molecule has 1 aromatic carbocycles. The quantitative estimate of drug-likeness (QED) is 0.933. The van der Waals surface area contributed by atoms with Gasteiger partial charge in [0.05, 0.1) is 6.04 Å². The standard InChI is InChI=1S/C18H24N2O3/c1-12(13-8-6-5-7-9-13)20-11-14-10-18(14,15(20)21)19-16(22)23-17(2,3)4/h5-9,12,14H,10-11H2,1-4H3,(H,19,22)/t12-,14-,18+/m0/s1. The van der Waals surface area contributed by atoms with Gasteiger partial charge in [-0.25, -0.2) is 4.79 Å². The molecule has 2 aliphatic rings. The van der Waals surface area contributed by atoms with E-state index in [-0.39, 0.29) is 17.9 Å². The summed E-state index contributed by atoms with van der Waals surface area (Å²) in [4.78, 5) is 26.7. The minimum absolute atomic E-state index is 0.00436. The molecule has 1 N–H and O–H groups in total. The van der Waals surface area contributed by atoms with Gasteiger partial charge in [-0.3, -0.25) is 4.79 Å². The first-order valence-electron chi connectivity index (χ1n) is 8.10. The SMILES string of the molecule is C[C@@H](c1ccccc1)N1C[C@@H]2C[C@]2(NC(=O)OC(C)(C)C)C1=O. The van der Waals surface area contributed by atoms with E-state index in [1.807, 2.05) is 62.9 Å². The number of alkyl carbamates (subject to hydrolysis) is 1. The van der Waals surface area contributed by atoms with E-state index < -0.39 is 17.2 Å². The number of nitrogens with zero attached hydrogens (tertiary/aromatic N) is 1. The van der Waals surface area contributed by atoms with Crippen molar-refractivity contribution in [2.24, 2.45) is 5.92 Å². The number of ether oxygens (including phenoxy) is 1. The Morgan fingerprint density at radius 1 is 1.35 bits per heavy atom. The van der Waals surface area contributed by atoms with E-state index in [0.717, 1.165) is 5.56 Å². The van der Waals surface area contributed by atoms with Crippen LogP contribution in [0.3, 0.4) is 0 Å². The Morgan fingerprint density at radius 2 is 2.00 bits per heavy atom. The average Bonchev–Trinajstić information content (AvgIpc) is 3.09. The lowest BCUT2D eigenvalue weighted by atomic mass is 10.1. The molecule has 124 valence electrons. The maximum atomic E-state index is 12.8. The molecular weight excluding hydrogens is 292 g/mol. The monoisotopic (exact) mass is 316 g/mol. The van der Waals surface area contributed by atoms with Crippen molar-refractivity contribution < 1.29 is 14.3 Å². The molecule has 2 fully saturated rings. The van der Waals surface area contributed by atoms with E-state index in [1.165, 1.54) is 0 Å². The third-order valence-electron chi connectivity index (χ3n) is 4.64. The second-order valence-electron chi connectivity index (χ2n) is 7.54. The Labute approximate surface area is 137 Å². The largest absolute Gasteiger partial charge is 0.444 e. The predicted molar refractivity (Wildman–Crippen MR) is 86.8 cm³/mol. The van der Waals surface area contributed by atoms with Crippen LogP contribution >= 0.6 is 0 Å². The van der Waals surface area contributed by atoms with Crippen LogP contribution in [-0.4, -0.2) is 34.6 Å². The first-order chi connectivity index (χ1) is 10.7. The number of piperidine rings is 1. The van der Waals surface area contributed by atoms with E-state index in [0.29, 0.717) is 13.0 Å². The lowest BCUT2D eigenvalue weighted by Gasteiger charge is -2.28. The van der Waals surface area contributed by atoms with Crippen molar-refractivity contribution in [3.05, 3.63) is 35.9 Å². The third kappa shape index (κ3) is 2.92. The fraction of sp³-hybridized carbons (Fsp3) is 0.556. The fourth-order valence-electron chi connectivity index (χ4n) is 3.33. The molecule has 0 unspecified atom stereocenters. The number of rotatable bonds is 3. The van der Waals surface area contributed by atoms with Gasteiger partial charge in [0.25, 0.3) is 0 Å². The summed E-state index contributed by atoms with van der Waals surface area (Å²) in [5.74, 6) is 0.193. The van der Waals surface area contributed by atoms with Gasteiger partial charge in [-0.1, -0.05) is 30.3 Å². The minimum atomic E-state index is -0.745. The molecule has 1 aromatic rings. The third-order valence-corrected chi connectivity index (χ3v) is 4.64. The van der Waals surface area contributed by atoms with Gasteiger partial charge >= 0.3 is 6.09 Å². The molecule has 1 saturated heterocycles. The molecule has 5 nitrogen and oxygen atoms in total. The van der Waals surface area contributed by atoms with Gasteiger partial charge in [0.2, 0.25) is 5.91 Å². The fourth-order valence-corrected chi connectivity index (χ4v) is 3.33. The van der Waals surface area contributed by atoms with Gasteiger partial charge in [0.15, 0.2) is 0 Å². The first-order valence-corrected chi connectivity index (χ1v) is 8.10. The van der Waals surface area contributed by atoms with E-state index in [9.17, 15) is 9.59 Å². The Morgan fingerprint density at radius 3 is 2.61 bits per heavy atom. The summed E-state index contributed by atoms with van der Waals surface area (Å²) in [6.07, 6.45) is 0.200. The van der Waals surface area contributed by atoms with Gasteiger partial charge in [-0.05, 0) is 39.7 Å². The van der Waals surface area contributed by atoms with Crippen LogP contribution in [-0.2, 0) is 9.53 Å². The van der Waals surface area contributed by atoms with Gasteiger partial charge < -0.3 is 15.0 Å². The maximum absolute atomic E-state index is 12.8. The van der Waals surface area contributed by atoms with E-state index in [4.69, 9.17) is 4.74 Å². The van der Waals surface area contributed by atoms with Crippen molar-refractivity contribution in [1.29, 1.82) is 0 Å². The number of benzene rings is 1. The van der Waals surface area contributed by atoms with Crippen LogP contribution in [0.25, 0.3) is 0 Å². The number of likely N-dealkylation sites (tertiary alicyclic amines) is 1. The molecule has 1 saturated carbocycles. The van der Waals surface area contributed by atoms with Crippen molar-refractivity contribution in [2.75, 3.05) is 6.54 Å². The van der Waals surface area contributed by atoms with E-state index >= 15 is 0 Å². The lowest BCUT2D eigenvalue weighted by Crippen LogP contribution is -2.48. The summed E-state index contributed by atoms with van der Waals surface area (Å²) < 4.78 is 5.30. The van der Waals surface area contributed by atoms with Crippen molar-refractivity contribution in [1.82, 2.24) is 10.2 Å². The zero-order valence-electron chi connectivity index (χ0n) is 14.1. The number of fused-ring (bicyclic) bond motifs is 1. The molecule has 23 heavy (non-hydrogen) atoms. The van der Waals surface area contributed by atoms with Crippen LogP contribution in [0.5, 0.6) is 0 Å². The molecule has 0 radical (unpaired) electrons. The van der Waals surface area contributed by atoms with E-state index in [1.54, 1.807) is 0 Å². The summed E-state index contributed by atoms with van der Waals surface area (Å²) in [5.41, 5.74) is -0.204. The first kappa shape index (κ1) is 15.8. The highest BCUT2D eigenvalue weighted by Crippen LogP contribution is 2.52. The molecular formula is C18H24N2O3. The van der Waals surface area contributed by atoms with Crippen LogP contribution < -0.4 is 5.32 Å². The highest BCUT2D eigenvalue weighted by atomic mass is 16.6. The summed E-state index contributed by atoms with van der Waals surface area (Å²) in [6.45, 7) is 8.16. The molecule has 1 heterocycles. The summed E-state index contributed by atoms with van der Waals surface area (Å²) in [6, 6.07) is 9.97. The average molecular weight is 316 g/mol. The lowest BCUT2D eigenvalue weighted by molar-refractivity contribution is -0.133. The van der Waals surface area contributed by atoms with Gasteiger partial charge in [0.1, 0.15) is 11.1 Å². The Bertz CT molecular complexity index is 623. The van der Waals surface area contributed by atoms with Crippen molar-refractivity contribution >= 4 is 12.0 Å². The zero-order valence-corrected chi connectivity index (χ0v) is 14.1. The molecule has 2 amide bonds. The van der Waals surface area contributed by atoms with Gasteiger partial charge in [-0.15, -0.1) is 0 Å². The van der Waals surface area contributed by atoms with Gasteiger partial charge in [0, 0.05) is 12.5 Å². The molecule has 1 aliphatic heterocycles. The molecule has 0 spiro atoms. The highest BCUT2D eigenvalue weighted by Gasteiger charge is 2.68.